The predicted molar refractivity (Wildman–Crippen MR) is 128 cm³/mol. The van der Waals surface area contributed by atoms with Crippen LogP contribution in [-0.4, -0.2) is 30.9 Å². The molecule has 0 aliphatic rings. The van der Waals surface area contributed by atoms with E-state index in [2.05, 4.69) is 0 Å². The molecule has 3 rings (SSSR count). The zero-order valence-corrected chi connectivity index (χ0v) is 19.7. The molecule has 0 heterocycles. The minimum atomic E-state index is -5.33. The number of nitrogens with zero attached hydrogens (tertiary/aromatic N) is 1. The van der Waals surface area contributed by atoms with Gasteiger partial charge in [0.2, 0.25) is 0 Å². The Bertz CT molecular complexity index is 1110. The van der Waals surface area contributed by atoms with Gasteiger partial charge in [0, 0.05) is 0 Å². The first kappa shape index (κ1) is 25.9. The molecule has 3 aromatic carbocycles. The number of hydrogen-bond acceptors (Lipinski definition) is 5. The van der Waals surface area contributed by atoms with E-state index < -0.39 is 37.0 Å². The SMILES string of the molecule is CCOC(=O)C(C#N)CP(OC(=O)C(F)(F)F)(c1ccccc1)(c1ccccc1)c1ccccc1. The molecule has 5 nitrogen and oxygen atoms in total. The Labute approximate surface area is 201 Å². The fraction of sp³-hybridized carbons (Fsp3) is 0.192. The average molecular weight is 501 g/mol. The van der Waals surface area contributed by atoms with E-state index in [1.807, 2.05) is 6.07 Å². The number of hydrogen-bond donors (Lipinski definition) is 0. The molecule has 0 saturated carbocycles. The van der Waals surface area contributed by atoms with Crippen molar-refractivity contribution in [2.45, 2.75) is 13.1 Å². The third-order valence-corrected chi connectivity index (χ3v) is 11.5. The summed E-state index contributed by atoms with van der Waals surface area (Å²) >= 11 is 0. The van der Waals surface area contributed by atoms with E-state index in [1.54, 1.807) is 97.9 Å². The van der Waals surface area contributed by atoms with Gasteiger partial charge in [-0.3, -0.25) is 0 Å². The number of rotatable bonds is 8. The van der Waals surface area contributed by atoms with Crippen molar-refractivity contribution < 1.29 is 32.0 Å². The Kier molecular flexibility index (Phi) is 7.62. The van der Waals surface area contributed by atoms with Gasteiger partial charge < -0.3 is 0 Å². The summed E-state index contributed by atoms with van der Waals surface area (Å²) in [6.45, 7) is -3.42. The molecule has 0 aromatic heterocycles. The Morgan fingerprint density at radius 1 is 0.857 bits per heavy atom. The zero-order chi connectivity index (χ0) is 25.6. The average Bonchev–Trinajstić information content (AvgIpc) is 2.88. The van der Waals surface area contributed by atoms with Gasteiger partial charge in [0.1, 0.15) is 0 Å². The number of nitriles is 1. The number of carbonyl (C=O) groups excluding carboxylic acids is 2. The second-order valence-electron chi connectivity index (χ2n) is 7.71. The van der Waals surface area contributed by atoms with Crippen LogP contribution in [0.15, 0.2) is 91.0 Å². The van der Waals surface area contributed by atoms with Crippen LogP contribution >= 0.6 is 6.83 Å². The molecule has 182 valence electrons. The Balaban J connectivity index is 2.54. The molecule has 0 radical (unpaired) electrons. The van der Waals surface area contributed by atoms with Crippen molar-refractivity contribution in [2.75, 3.05) is 12.8 Å². The summed E-state index contributed by atoms with van der Waals surface area (Å²) in [5.41, 5.74) is 0. The Morgan fingerprint density at radius 2 is 1.26 bits per heavy atom. The number of carbonyl (C=O) groups is 2. The van der Waals surface area contributed by atoms with E-state index in [-0.39, 0.29) is 22.5 Å². The molecule has 35 heavy (non-hydrogen) atoms. The molecule has 0 N–H and O–H groups in total. The topological polar surface area (TPSA) is 76.4 Å². The molecular formula is C26H23F3NO4P. The van der Waals surface area contributed by atoms with Gasteiger partial charge >= 0.3 is 201 Å². The van der Waals surface area contributed by atoms with Crippen LogP contribution in [0.1, 0.15) is 6.92 Å². The molecule has 0 aliphatic carbocycles. The van der Waals surface area contributed by atoms with Crippen molar-refractivity contribution in [1.82, 2.24) is 0 Å². The summed E-state index contributed by atoms with van der Waals surface area (Å²) < 4.78 is 52.1. The Morgan fingerprint density at radius 3 is 1.57 bits per heavy atom. The van der Waals surface area contributed by atoms with Gasteiger partial charge in [-0.15, -0.1) is 0 Å². The fourth-order valence-corrected chi connectivity index (χ4v) is 9.91. The normalized spacial score (nSPS) is 13.5. The van der Waals surface area contributed by atoms with Gasteiger partial charge in [0.15, 0.2) is 0 Å². The molecule has 0 spiro atoms. The summed E-state index contributed by atoms with van der Waals surface area (Å²) in [7, 11) is 0. The third-order valence-electron chi connectivity index (χ3n) is 5.68. The quantitative estimate of drug-likeness (QED) is 0.341. The van der Waals surface area contributed by atoms with Crippen LogP contribution in [0.2, 0.25) is 0 Å². The van der Waals surface area contributed by atoms with Crippen molar-refractivity contribution in [3.63, 3.8) is 0 Å². The van der Waals surface area contributed by atoms with Crippen molar-refractivity contribution in [2.24, 2.45) is 5.92 Å². The van der Waals surface area contributed by atoms with Crippen molar-refractivity contribution in [3.05, 3.63) is 91.0 Å². The monoisotopic (exact) mass is 501 g/mol. The zero-order valence-electron chi connectivity index (χ0n) is 18.8. The molecule has 0 saturated heterocycles. The first-order valence-corrected chi connectivity index (χ1v) is 13.1. The molecule has 3 aromatic rings. The fourth-order valence-electron chi connectivity index (χ4n) is 4.18. The van der Waals surface area contributed by atoms with E-state index in [0.29, 0.717) is 0 Å². The van der Waals surface area contributed by atoms with Crippen LogP contribution < -0.4 is 15.9 Å². The molecule has 0 fully saturated rings. The van der Waals surface area contributed by atoms with Crippen molar-refractivity contribution in [3.8, 4) is 6.07 Å². The van der Waals surface area contributed by atoms with Crippen LogP contribution in [-0.2, 0) is 18.8 Å². The molecule has 0 amide bonds. The predicted octanol–water partition coefficient (Wildman–Crippen LogP) is 4.24. The van der Waals surface area contributed by atoms with E-state index in [4.69, 9.17) is 9.26 Å². The number of ether oxygens (including phenoxy) is 1. The van der Waals surface area contributed by atoms with Gasteiger partial charge in [-0.05, 0) is 0 Å². The second-order valence-corrected chi connectivity index (χ2v) is 12.2. The van der Waals surface area contributed by atoms with Gasteiger partial charge in [-0.25, -0.2) is 0 Å². The van der Waals surface area contributed by atoms with Gasteiger partial charge in [-0.2, -0.15) is 0 Å². The third kappa shape index (κ3) is 4.78. The Hall–Kier alpha value is -3.69. The molecule has 1 unspecified atom stereocenters. The molecule has 0 bridgehead atoms. The summed E-state index contributed by atoms with van der Waals surface area (Å²) in [5, 5.41) is 10.7. The number of esters is 1. The van der Waals surface area contributed by atoms with E-state index in [0.717, 1.165) is 0 Å². The van der Waals surface area contributed by atoms with Gasteiger partial charge in [-0.1, -0.05) is 0 Å². The molecular weight excluding hydrogens is 478 g/mol. The summed E-state index contributed by atoms with van der Waals surface area (Å²) in [6.07, 6.45) is -5.85. The summed E-state index contributed by atoms with van der Waals surface area (Å²) in [5.74, 6) is -4.84. The van der Waals surface area contributed by atoms with E-state index in [9.17, 15) is 28.0 Å². The van der Waals surface area contributed by atoms with Crippen LogP contribution in [0.5, 0.6) is 0 Å². The number of alkyl halides is 3. The maximum atomic E-state index is 13.8. The van der Waals surface area contributed by atoms with Gasteiger partial charge in [0.05, 0.1) is 0 Å². The second kappa shape index (κ2) is 10.3. The van der Waals surface area contributed by atoms with E-state index >= 15 is 0 Å². The first-order chi connectivity index (χ1) is 16.7. The first-order valence-electron chi connectivity index (χ1n) is 10.7. The van der Waals surface area contributed by atoms with Crippen molar-refractivity contribution in [1.29, 1.82) is 5.26 Å². The van der Waals surface area contributed by atoms with Crippen LogP contribution in [0, 0.1) is 17.2 Å². The van der Waals surface area contributed by atoms with Crippen LogP contribution in [0.25, 0.3) is 0 Å². The van der Waals surface area contributed by atoms with E-state index in [1.165, 1.54) is 0 Å². The van der Waals surface area contributed by atoms with Crippen LogP contribution in [0.3, 0.4) is 0 Å². The maximum absolute atomic E-state index is 13.8. The molecule has 0 aliphatic heterocycles. The standard InChI is InChI=1S/C26H23F3NO4P/c1-2-33-24(31)20(18-30)19-35(21-12-6-3-7-13-21,22-14-8-4-9-15-22,23-16-10-5-11-17-23)34-25(32)26(27,28)29/h3-17,20H,2,19H2,1H3. The minimum absolute atomic E-state index is 0.0304. The number of halogens is 3. The summed E-state index contributed by atoms with van der Waals surface area (Å²) in [6, 6.07) is 25.9. The molecule has 9 heteroatoms. The number of benzene rings is 3. The van der Waals surface area contributed by atoms with Crippen molar-refractivity contribution >= 4 is 34.7 Å². The summed E-state index contributed by atoms with van der Waals surface area (Å²) in [4.78, 5) is 25.4. The van der Waals surface area contributed by atoms with Crippen LogP contribution in [0.4, 0.5) is 13.2 Å². The molecule has 1 atom stereocenters. The van der Waals surface area contributed by atoms with Gasteiger partial charge in [0.25, 0.3) is 0 Å².